The Bertz CT molecular complexity index is 1570. The first-order chi connectivity index (χ1) is 21.2. The zero-order valence-electron chi connectivity index (χ0n) is 24.2. The van der Waals surface area contributed by atoms with Crippen molar-refractivity contribution >= 4 is 45.7 Å². The first-order valence-electron chi connectivity index (χ1n) is 13.6. The largest absolute Gasteiger partial charge is 0.490 e. The van der Waals surface area contributed by atoms with Gasteiger partial charge < -0.3 is 34.7 Å². The summed E-state index contributed by atoms with van der Waals surface area (Å²) in [4.78, 5) is 24.6. The molecule has 13 heteroatoms. The average Bonchev–Trinajstić information content (AvgIpc) is 2.99. The highest BCUT2D eigenvalue weighted by molar-refractivity contribution is 9.10. The van der Waals surface area contributed by atoms with Gasteiger partial charge >= 0.3 is 12.0 Å². The fraction of sp³-hybridized carbons (Fsp3) is 0.258. The molecule has 1 heterocycles. The normalized spacial score (nSPS) is 15.3. The standard InChI is InChI=1S/C31H32BrClN4O7/c1-4-42-26-14-20(29-28(30(39)41-3)18(2)35-31(40)36-29)8-10-25(26)44-17-27(38)37-34-15-21-13-22(32)9-11-24(21)43-16-19-6-5-7-23(33)12-19/h5-15,27,29,37-38H,4,16-17H2,1-3H3,(H2,35,36,40)/b34-15+/t27-,29-/m1/s1. The van der Waals surface area contributed by atoms with E-state index in [1.807, 2.05) is 43.3 Å². The van der Waals surface area contributed by atoms with Gasteiger partial charge in [-0.15, -0.1) is 0 Å². The van der Waals surface area contributed by atoms with Crippen LogP contribution in [0.5, 0.6) is 17.2 Å². The first kappa shape index (κ1) is 32.6. The highest BCUT2D eigenvalue weighted by Crippen LogP contribution is 2.35. The summed E-state index contributed by atoms with van der Waals surface area (Å²) >= 11 is 9.53. The van der Waals surface area contributed by atoms with Gasteiger partial charge in [-0.2, -0.15) is 5.10 Å². The number of ether oxygens (including phenoxy) is 4. The minimum absolute atomic E-state index is 0.163. The summed E-state index contributed by atoms with van der Waals surface area (Å²) in [5.74, 6) is 0.739. The van der Waals surface area contributed by atoms with Crippen molar-refractivity contribution in [1.82, 2.24) is 16.1 Å². The molecule has 4 rings (SSSR count). The third kappa shape index (κ3) is 8.65. The highest BCUT2D eigenvalue weighted by Gasteiger charge is 2.32. The number of halogens is 2. The van der Waals surface area contributed by atoms with Crippen LogP contribution in [-0.4, -0.2) is 49.9 Å². The van der Waals surface area contributed by atoms with Crippen LogP contribution in [0.1, 0.15) is 36.6 Å². The maximum atomic E-state index is 12.5. The van der Waals surface area contributed by atoms with E-state index in [0.29, 0.717) is 52.3 Å². The van der Waals surface area contributed by atoms with Gasteiger partial charge in [-0.1, -0.05) is 45.7 Å². The summed E-state index contributed by atoms with van der Waals surface area (Å²) < 4.78 is 23.3. The van der Waals surface area contributed by atoms with Crippen molar-refractivity contribution in [3.8, 4) is 17.2 Å². The summed E-state index contributed by atoms with van der Waals surface area (Å²) in [6, 6.07) is 16.7. The number of aliphatic hydroxyl groups is 1. The van der Waals surface area contributed by atoms with Crippen LogP contribution in [0.4, 0.5) is 4.79 Å². The number of urea groups is 1. The van der Waals surface area contributed by atoms with Crippen molar-refractivity contribution in [1.29, 1.82) is 0 Å². The fourth-order valence-corrected chi connectivity index (χ4v) is 4.95. The number of methoxy groups -OCH3 is 1. The highest BCUT2D eigenvalue weighted by atomic mass is 79.9. The van der Waals surface area contributed by atoms with Crippen LogP contribution in [0.15, 0.2) is 81.5 Å². The Morgan fingerprint density at radius 2 is 1.91 bits per heavy atom. The number of nitrogens with zero attached hydrogens (tertiary/aromatic N) is 1. The van der Waals surface area contributed by atoms with Gasteiger partial charge in [0.05, 0.1) is 31.5 Å². The van der Waals surface area contributed by atoms with Crippen molar-refractivity contribution in [3.05, 3.63) is 98.1 Å². The Morgan fingerprint density at radius 1 is 1.11 bits per heavy atom. The molecule has 2 amide bonds. The number of hydrogen-bond acceptors (Lipinski definition) is 9. The van der Waals surface area contributed by atoms with Gasteiger partial charge in [0.25, 0.3) is 0 Å². The van der Waals surface area contributed by atoms with Crippen LogP contribution in [-0.2, 0) is 16.1 Å². The van der Waals surface area contributed by atoms with Crippen LogP contribution in [0.3, 0.4) is 0 Å². The SMILES string of the molecule is CCOc1cc([C@H]2NC(=O)NC(C)=C2C(=O)OC)ccc1OC[C@@H](O)N/N=C/c1cc(Br)ccc1OCc1cccc(Cl)c1. The maximum absolute atomic E-state index is 12.5. The molecule has 0 spiro atoms. The van der Waals surface area contributed by atoms with Crippen molar-refractivity contribution in [2.24, 2.45) is 5.10 Å². The zero-order valence-corrected chi connectivity index (χ0v) is 26.6. The minimum atomic E-state index is -1.16. The lowest BCUT2D eigenvalue weighted by Crippen LogP contribution is -2.45. The summed E-state index contributed by atoms with van der Waals surface area (Å²) in [6.45, 7) is 3.92. The van der Waals surface area contributed by atoms with E-state index >= 15 is 0 Å². The van der Waals surface area contributed by atoms with Crippen molar-refractivity contribution < 1.29 is 33.6 Å². The zero-order chi connectivity index (χ0) is 31.6. The van der Waals surface area contributed by atoms with Crippen LogP contribution in [0, 0.1) is 0 Å². The van der Waals surface area contributed by atoms with E-state index in [9.17, 15) is 14.7 Å². The van der Waals surface area contributed by atoms with E-state index in [0.717, 1.165) is 10.0 Å². The van der Waals surface area contributed by atoms with E-state index in [1.54, 1.807) is 31.2 Å². The monoisotopic (exact) mass is 686 g/mol. The molecule has 11 nitrogen and oxygen atoms in total. The third-order valence-corrected chi connectivity index (χ3v) is 7.08. The van der Waals surface area contributed by atoms with Gasteiger partial charge in [-0.3, -0.25) is 5.43 Å². The molecule has 0 bridgehead atoms. The van der Waals surface area contributed by atoms with Gasteiger partial charge in [-0.05, 0) is 67.4 Å². The van der Waals surface area contributed by atoms with Gasteiger partial charge in [-0.25, -0.2) is 9.59 Å². The number of rotatable bonds is 13. The summed E-state index contributed by atoms with van der Waals surface area (Å²) in [6.07, 6.45) is 0.368. The predicted octanol–water partition coefficient (Wildman–Crippen LogP) is 5.20. The lowest BCUT2D eigenvalue weighted by molar-refractivity contribution is -0.136. The van der Waals surface area contributed by atoms with E-state index < -0.39 is 24.3 Å². The third-order valence-electron chi connectivity index (χ3n) is 6.35. The number of esters is 1. The number of hydrogen-bond donors (Lipinski definition) is 4. The Labute approximate surface area is 268 Å². The number of carbonyl (C=O) groups is 2. The van der Waals surface area contributed by atoms with E-state index in [4.69, 9.17) is 30.5 Å². The molecule has 0 aliphatic carbocycles. The number of hydrazone groups is 1. The molecular formula is C31H32BrClN4O7. The molecule has 0 aromatic heterocycles. The molecule has 3 aromatic rings. The quantitative estimate of drug-likeness (QED) is 0.0833. The Morgan fingerprint density at radius 3 is 2.66 bits per heavy atom. The van der Waals surface area contributed by atoms with Crippen LogP contribution in [0.25, 0.3) is 0 Å². The number of benzene rings is 3. The van der Waals surface area contributed by atoms with Crippen LogP contribution in [0.2, 0.25) is 5.02 Å². The first-order valence-corrected chi connectivity index (χ1v) is 14.7. The van der Waals surface area contributed by atoms with Gasteiger partial charge in [0, 0.05) is 20.8 Å². The number of carbonyl (C=O) groups excluding carboxylic acids is 2. The molecular weight excluding hydrogens is 656 g/mol. The summed E-state index contributed by atoms with van der Waals surface area (Å²) in [5.41, 5.74) is 5.48. The Kier molecular flexibility index (Phi) is 11.5. The lowest BCUT2D eigenvalue weighted by atomic mass is 9.95. The predicted molar refractivity (Wildman–Crippen MR) is 169 cm³/mol. The smallest absolute Gasteiger partial charge is 0.337 e. The summed E-state index contributed by atoms with van der Waals surface area (Å²) in [7, 11) is 1.27. The molecule has 4 N–H and O–H groups in total. The second-order valence-corrected chi connectivity index (χ2v) is 10.9. The lowest BCUT2D eigenvalue weighted by Gasteiger charge is -2.28. The molecule has 0 saturated heterocycles. The number of nitrogens with one attached hydrogen (secondary N) is 3. The fourth-order valence-electron chi connectivity index (χ4n) is 4.35. The maximum Gasteiger partial charge on any atom is 0.337 e. The molecule has 0 saturated carbocycles. The molecule has 1 aliphatic rings. The molecule has 3 aromatic carbocycles. The summed E-state index contributed by atoms with van der Waals surface area (Å²) in [5, 5.41) is 20.6. The van der Waals surface area contributed by atoms with Crippen molar-refractivity contribution in [2.45, 2.75) is 32.7 Å². The molecule has 1 aliphatic heterocycles. The molecule has 0 radical (unpaired) electrons. The minimum Gasteiger partial charge on any atom is -0.490 e. The molecule has 0 unspecified atom stereocenters. The number of amides is 2. The van der Waals surface area contributed by atoms with E-state index in [-0.39, 0.29) is 12.2 Å². The number of aliphatic hydroxyl groups excluding tert-OH is 1. The van der Waals surface area contributed by atoms with E-state index in [1.165, 1.54) is 13.3 Å². The topological polar surface area (TPSA) is 140 Å². The van der Waals surface area contributed by atoms with Crippen LogP contribution >= 0.6 is 27.5 Å². The molecule has 232 valence electrons. The average molecular weight is 688 g/mol. The van der Waals surface area contributed by atoms with Crippen molar-refractivity contribution in [2.75, 3.05) is 20.3 Å². The Balaban J connectivity index is 1.40. The van der Waals surface area contributed by atoms with Gasteiger partial charge in [0.2, 0.25) is 0 Å². The Hall–Kier alpha value is -4.26. The van der Waals surface area contributed by atoms with Gasteiger partial charge in [0.1, 0.15) is 19.0 Å². The van der Waals surface area contributed by atoms with Crippen LogP contribution < -0.4 is 30.3 Å². The van der Waals surface area contributed by atoms with Gasteiger partial charge in [0.15, 0.2) is 17.7 Å². The second kappa shape index (κ2) is 15.5. The molecule has 2 atom stereocenters. The molecule has 0 fully saturated rings. The molecule has 44 heavy (non-hydrogen) atoms. The second-order valence-electron chi connectivity index (χ2n) is 9.52. The van der Waals surface area contributed by atoms with E-state index in [2.05, 4.69) is 37.1 Å². The number of allylic oxidation sites excluding steroid dienone is 1. The van der Waals surface area contributed by atoms with Crippen molar-refractivity contribution in [3.63, 3.8) is 0 Å².